The van der Waals surface area contributed by atoms with Crippen molar-refractivity contribution >= 4 is 96.4 Å². The van der Waals surface area contributed by atoms with Crippen LogP contribution < -0.4 is 15.9 Å². The predicted molar refractivity (Wildman–Crippen MR) is 187 cm³/mol. The molecule has 0 saturated carbocycles. The number of para-hydroxylation sites is 3. The molecule has 0 radical (unpaired) electrons. The Hall–Kier alpha value is -4.52. The zero-order valence-corrected chi connectivity index (χ0v) is 25.8. The maximum atomic E-state index is 5.20. The average Bonchev–Trinajstić information content (AvgIpc) is 3.48. The molecule has 2 heterocycles. The Morgan fingerprint density at radius 1 is 0.442 bits per heavy atom. The number of fused-ring (bicyclic) bond motifs is 11. The van der Waals surface area contributed by atoms with E-state index in [1.807, 2.05) is 0 Å². The van der Waals surface area contributed by atoms with Gasteiger partial charge in [-0.3, -0.25) is 0 Å². The van der Waals surface area contributed by atoms with Crippen molar-refractivity contribution in [3.8, 4) is 0 Å². The van der Waals surface area contributed by atoms with Crippen molar-refractivity contribution in [1.29, 1.82) is 0 Å². The molecule has 4 heteroatoms. The molecule has 2 aromatic heterocycles. The summed E-state index contributed by atoms with van der Waals surface area (Å²) in [7, 11) is 0. The van der Waals surface area contributed by atoms with Crippen LogP contribution in [-0.2, 0) is 0 Å². The van der Waals surface area contributed by atoms with Gasteiger partial charge < -0.3 is 0 Å². The number of hydrogen-bond acceptors (Lipinski definition) is 1. The van der Waals surface area contributed by atoms with Crippen LogP contribution in [0, 0.1) is 0 Å². The van der Waals surface area contributed by atoms with E-state index in [-0.39, 0.29) is 0 Å². The normalized spacial score (nSPS) is 13.4. The molecular formula is C39H25N2PSe. The molecule has 202 valence electrons. The molecule has 1 atom stereocenters. The van der Waals surface area contributed by atoms with Gasteiger partial charge in [-0.05, 0) is 0 Å². The van der Waals surface area contributed by atoms with Crippen LogP contribution in [-0.4, -0.2) is 24.5 Å². The van der Waals surface area contributed by atoms with Crippen molar-refractivity contribution in [2.75, 3.05) is 0 Å². The van der Waals surface area contributed by atoms with Gasteiger partial charge in [-0.15, -0.1) is 0 Å². The first kappa shape index (κ1) is 25.0. The molecule has 0 amide bonds. The van der Waals surface area contributed by atoms with E-state index in [0.717, 1.165) is 16.7 Å². The summed E-state index contributed by atoms with van der Waals surface area (Å²) in [5.41, 5.74) is 2.18. The van der Waals surface area contributed by atoms with E-state index in [4.69, 9.17) is 4.98 Å². The first-order chi connectivity index (χ1) is 21.2. The van der Waals surface area contributed by atoms with Gasteiger partial charge in [0.05, 0.1) is 0 Å². The standard InChI is InChI=1S/C39H25N2PSe/c43-42(28-11-2-1-3-12-28,29-21-20-27-19-18-26-10-4-5-13-31(26)34(27)24-29)30-22-23-32-33-14-6-8-16-37(33)41-38-17-9-7-15-36(38)40-39(41)35(32)25-30/h1-25H. The van der Waals surface area contributed by atoms with Gasteiger partial charge in [0.15, 0.2) is 0 Å². The monoisotopic (exact) mass is 632 g/mol. The van der Waals surface area contributed by atoms with Gasteiger partial charge in [-0.25, -0.2) is 0 Å². The second-order valence-electron chi connectivity index (χ2n) is 11.1. The third-order valence-electron chi connectivity index (χ3n) is 8.82. The molecule has 43 heavy (non-hydrogen) atoms. The molecule has 0 N–H and O–H groups in total. The van der Waals surface area contributed by atoms with E-state index >= 15 is 0 Å². The minimum atomic E-state index is -2.15. The number of pyridine rings is 1. The summed E-state index contributed by atoms with van der Waals surface area (Å²) in [5, 5.41) is 12.7. The summed E-state index contributed by atoms with van der Waals surface area (Å²) in [6.45, 7) is 0. The fourth-order valence-electron chi connectivity index (χ4n) is 6.77. The van der Waals surface area contributed by atoms with Gasteiger partial charge in [-0.1, -0.05) is 0 Å². The molecule has 0 bridgehead atoms. The van der Waals surface area contributed by atoms with Crippen LogP contribution >= 0.6 is 5.51 Å². The van der Waals surface area contributed by atoms with Crippen LogP contribution in [0.2, 0.25) is 0 Å². The molecule has 0 aliphatic rings. The van der Waals surface area contributed by atoms with Crippen molar-refractivity contribution < 1.29 is 0 Å². The van der Waals surface area contributed by atoms with Gasteiger partial charge in [0.2, 0.25) is 0 Å². The topological polar surface area (TPSA) is 17.3 Å². The molecule has 0 fully saturated rings. The number of imidazole rings is 1. The minimum absolute atomic E-state index is 1.00. The molecular weight excluding hydrogens is 606 g/mol. The van der Waals surface area contributed by atoms with Crippen molar-refractivity contribution in [3.05, 3.63) is 152 Å². The fourth-order valence-corrected chi connectivity index (χ4v) is 11.6. The van der Waals surface area contributed by atoms with Gasteiger partial charge >= 0.3 is 257 Å². The van der Waals surface area contributed by atoms with E-state index < -0.39 is 5.51 Å². The zero-order chi connectivity index (χ0) is 28.5. The zero-order valence-electron chi connectivity index (χ0n) is 23.2. The molecule has 0 aliphatic heterocycles. The second-order valence-corrected chi connectivity index (χ2v) is 17.4. The number of nitrogens with zero attached hydrogens (tertiary/aromatic N) is 2. The van der Waals surface area contributed by atoms with E-state index in [2.05, 4.69) is 171 Å². The number of rotatable bonds is 3. The van der Waals surface area contributed by atoms with E-state index in [1.165, 1.54) is 59.1 Å². The fraction of sp³-hybridized carbons (Fsp3) is 0. The summed E-state index contributed by atoms with van der Waals surface area (Å²) >= 11 is 3.81. The summed E-state index contributed by atoms with van der Waals surface area (Å²) < 4.78 is 2.33. The SMILES string of the molecule is [Se]=P(c1ccccc1)(c1ccc2ccc3ccccc3c2c1)c1ccc2c3ccccc3n3c4ccccc4nc3c2c1. The van der Waals surface area contributed by atoms with E-state index in [0.29, 0.717) is 0 Å². The van der Waals surface area contributed by atoms with Crippen LogP contribution in [0.25, 0.3) is 59.9 Å². The summed E-state index contributed by atoms with van der Waals surface area (Å²) in [6, 6.07) is 55.4. The molecule has 9 rings (SSSR count). The predicted octanol–water partition coefficient (Wildman–Crippen LogP) is 8.48. The Labute approximate surface area is 256 Å². The first-order valence-corrected chi connectivity index (χ1v) is 18.5. The maximum absolute atomic E-state index is 5.20. The third kappa shape index (κ3) is 3.66. The van der Waals surface area contributed by atoms with Crippen LogP contribution in [0.3, 0.4) is 0 Å². The van der Waals surface area contributed by atoms with E-state index in [1.54, 1.807) is 0 Å². The number of aromatic nitrogens is 2. The molecule has 0 saturated heterocycles. The second kappa shape index (κ2) is 9.49. The van der Waals surface area contributed by atoms with Crippen molar-refractivity contribution in [3.63, 3.8) is 0 Å². The molecule has 0 aliphatic carbocycles. The van der Waals surface area contributed by atoms with Crippen LogP contribution in [0.15, 0.2) is 152 Å². The van der Waals surface area contributed by atoms with Crippen molar-refractivity contribution in [1.82, 2.24) is 9.38 Å². The Balaban J connectivity index is 1.39. The van der Waals surface area contributed by atoms with Gasteiger partial charge in [0.25, 0.3) is 0 Å². The summed E-state index contributed by atoms with van der Waals surface area (Å²) in [6.07, 6.45) is 0. The first-order valence-electron chi connectivity index (χ1n) is 14.5. The third-order valence-corrected chi connectivity index (χ3v) is 15.8. The molecule has 0 spiro atoms. The quantitative estimate of drug-likeness (QED) is 0.109. The molecule has 7 aromatic carbocycles. The molecule has 2 nitrogen and oxygen atoms in total. The van der Waals surface area contributed by atoms with Crippen LogP contribution in [0.1, 0.15) is 0 Å². The van der Waals surface area contributed by atoms with Gasteiger partial charge in [0.1, 0.15) is 0 Å². The summed E-state index contributed by atoms with van der Waals surface area (Å²) in [4.78, 5) is 5.20. The number of benzene rings is 7. The van der Waals surface area contributed by atoms with Gasteiger partial charge in [-0.2, -0.15) is 0 Å². The number of hydrogen-bond donors (Lipinski definition) is 0. The van der Waals surface area contributed by atoms with Crippen molar-refractivity contribution in [2.24, 2.45) is 0 Å². The Morgan fingerprint density at radius 3 is 1.88 bits per heavy atom. The molecule has 9 aromatic rings. The molecule has 1 unspecified atom stereocenters. The summed E-state index contributed by atoms with van der Waals surface area (Å²) in [5.74, 6) is 0. The van der Waals surface area contributed by atoms with Crippen LogP contribution in [0.5, 0.6) is 0 Å². The Morgan fingerprint density at radius 2 is 1.05 bits per heavy atom. The Bertz CT molecular complexity index is 2600. The Kier molecular flexibility index (Phi) is 5.52. The average molecular weight is 632 g/mol. The van der Waals surface area contributed by atoms with Crippen LogP contribution in [0.4, 0.5) is 0 Å². The van der Waals surface area contributed by atoms with Crippen molar-refractivity contribution in [2.45, 2.75) is 0 Å². The van der Waals surface area contributed by atoms with E-state index in [9.17, 15) is 0 Å². The van der Waals surface area contributed by atoms with Gasteiger partial charge in [0, 0.05) is 0 Å².